The normalized spacial score (nSPS) is 12.6. The van der Waals surface area contributed by atoms with E-state index in [0.29, 0.717) is 10.0 Å². The highest BCUT2D eigenvalue weighted by Gasteiger charge is 2.08. The molecule has 0 fully saturated rings. The molecule has 0 saturated heterocycles. The highest BCUT2D eigenvalue weighted by molar-refractivity contribution is 7.09. The zero-order chi connectivity index (χ0) is 13.7. The predicted molar refractivity (Wildman–Crippen MR) is 87.1 cm³/mol. The molecule has 0 amide bonds. The fourth-order valence-electron chi connectivity index (χ4n) is 1.98. The van der Waals surface area contributed by atoms with Gasteiger partial charge in [0.15, 0.2) is 0 Å². The molecule has 1 aromatic carbocycles. The topological polar surface area (TPSA) is 0 Å². The van der Waals surface area contributed by atoms with Crippen molar-refractivity contribution in [3.8, 4) is 0 Å². The van der Waals surface area contributed by atoms with Crippen molar-refractivity contribution in [2.45, 2.75) is 31.1 Å². The summed E-state index contributed by atoms with van der Waals surface area (Å²) < 4.78 is 0. The van der Waals surface area contributed by atoms with E-state index >= 15 is 0 Å². The molecule has 19 heavy (non-hydrogen) atoms. The van der Waals surface area contributed by atoms with E-state index < -0.39 is 0 Å². The van der Waals surface area contributed by atoms with E-state index in [-0.39, 0.29) is 5.38 Å². The van der Waals surface area contributed by atoms with Gasteiger partial charge in [-0.25, -0.2) is 0 Å². The Morgan fingerprint density at radius 2 is 1.95 bits per heavy atom. The third-order valence-corrected chi connectivity index (χ3v) is 5.01. The quantitative estimate of drug-likeness (QED) is 0.550. The van der Waals surface area contributed by atoms with Gasteiger partial charge in [0.2, 0.25) is 0 Å². The van der Waals surface area contributed by atoms with Crippen molar-refractivity contribution in [1.82, 2.24) is 0 Å². The SMILES string of the molecule is Clc1ccc(CC(Cl)CCCc2cccs2)cc1Cl. The Hall–Kier alpha value is -0.210. The van der Waals surface area contributed by atoms with Crippen LogP contribution in [0.1, 0.15) is 23.3 Å². The van der Waals surface area contributed by atoms with Crippen molar-refractivity contribution in [1.29, 1.82) is 0 Å². The molecule has 0 spiro atoms. The van der Waals surface area contributed by atoms with Crippen LogP contribution in [0.25, 0.3) is 0 Å². The van der Waals surface area contributed by atoms with Crippen molar-refractivity contribution in [3.63, 3.8) is 0 Å². The summed E-state index contributed by atoms with van der Waals surface area (Å²) in [5, 5.41) is 3.46. The molecular formula is C15H15Cl3S. The molecular weight excluding hydrogens is 319 g/mol. The lowest BCUT2D eigenvalue weighted by Gasteiger charge is -2.09. The zero-order valence-electron chi connectivity index (χ0n) is 10.4. The summed E-state index contributed by atoms with van der Waals surface area (Å²) in [5.41, 5.74) is 1.14. The Morgan fingerprint density at radius 1 is 1.11 bits per heavy atom. The van der Waals surface area contributed by atoms with Crippen molar-refractivity contribution in [2.75, 3.05) is 0 Å². The van der Waals surface area contributed by atoms with Gasteiger partial charge in [-0.3, -0.25) is 0 Å². The molecule has 1 heterocycles. The average molecular weight is 334 g/mol. The minimum absolute atomic E-state index is 0.150. The number of halogens is 3. The number of benzene rings is 1. The van der Waals surface area contributed by atoms with Crippen LogP contribution in [0.3, 0.4) is 0 Å². The largest absolute Gasteiger partial charge is 0.149 e. The van der Waals surface area contributed by atoms with Gasteiger partial charge in [0, 0.05) is 10.3 Å². The molecule has 0 nitrogen and oxygen atoms in total. The van der Waals surface area contributed by atoms with Gasteiger partial charge in [-0.05, 0) is 54.8 Å². The van der Waals surface area contributed by atoms with E-state index in [2.05, 4.69) is 17.5 Å². The molecule has 2 aromatic rings. The first-order valence-corrected chi connectivity index (χ1v) is 8.33. The maximum atomic E-state index is 6.37. The summed E-state index contributed by atoms with van der Waals surface area (Å²) >= 11 is 20.1. The molecule has 0 radical (unpaired) electrons. The van der Waals surface area contributed by atoms with Crippen molar-refractivity contribution >= 4 is 46.1 Å². The Kier molecular flexibility index (Phi) is 6.03. The number of thiophene rings is 1. The summed E-state index contributed by atoms with van der Waals surface area (Å²) in [6.45, 7) is 0. The first-order chi connectivity index (χ1) is 9.15. The van der Waals surface area contributed by atoms with Gasteiger partial charge >= 0.3 is 0 Å². The van der Waals surface area contributed by atoms with Crippen LogP contribution in [0.2, 0.25) is 10.0 Å². The molecule has 102 valence electrons. The molecule has 0 bridgehead atoms. The maximum absolute atomic E-state index is 6.37. The minimum atomic E-state index is 0.150. The van der Waals surface area contributed by atoms with E-state index in [1.54, 1.807) is 11.3 Å². The lowest BCUT2D eigenvalue weighted by Crippen LogP contribution is -2.04. The van der Waals surface area contributed by atoms with Crippen molar-refractivity contribution in [2.24, 2.45) is 0 Å². The maximum Gasteiger partial charge on any atom is 0.0595 e. The Morgan fingerprint density at radius 3 is 2.63 bits per heavy atom. The smallest absolute Gasteiger partial charge is 0.0595 e. The molecule has 1 aromatic heterocycles. The van der Waals surface area contributed by atoms with Gasteiger partial charge in [-0.2, -0.15) is 0 Å². The van der Waals surface area contributed by atoms with Crippen LogP contribution in [0.4, 0.5) is 0 Å². The summed E-state index contributed by atoms with van der Waals surface area (Å²) in [5.74, 6) is 0. The van der Waals surface area contributed by atoms with Crippen LogP contribution in [-0.2, 0) is 12.8 Å². The fourth-order valence-corrected chi connectivity index (χ4v) is 3.38. The van der Waals surface area contributed by atoms with Crippen molar-refractivity contribution < 1.29 is 0 Å². The van der Waals surface area contributed by atoms with E-state index in [1.165, 1.54) is 4.88 Å². The van der Waals surface area contributed by atoms with E-state index in [4.69, 9.17) is 34.8 Å². The summed E-state index contributed by atoms with van der Waals surface area (Å²) in [6, 6.07) is 9.98. The Balaban J connectivity index is 1.77. The molecule has 1 unspecified atom stereocenters. The molecule has 0 aliphatic heterocycles. The number of hydrogen-bond acceptors (Lipinski definition) is 1. The molecule has 2 rings (SSSR count). The second-order valence-electron chi connectivity index (χ2n) is 4.52. The Bertz CT molecular complexity index is 508. The minimum Gasteiger partial charge on any atom is -0.149 e. The zero-order valence-corrected chi connectivity index (χ0v) is 13.5. The van der Waals surface area contributed by atoms with E-state index in [0.717, 1.165) is 31.2 Å². The number of aryl methyl sites for hydroxylation is 1. The molecule has 0 aliphatic rings. The van der Waals surface area contributed by atoms with Gasteiger partial charge in [0.05, 0.1) is 10.0 Å². The van der Waals surface area contributed by atoms with Crippen LogP contribution in [0, 0.1) is 0 Å². The fraction of sp³-hybridized carbons (Fsp3) is 0.333. The lowest BCUT2D eigenvalue weighted by molar-refractivity contribution is 0.690. The van der Waals surface area contributed by atoms with Crippen molar-refractivity contribution in [3.05, 3.63) is 56.2 Å². The number of rotatable bonds is 6. The van der Waals surface area contributed by atoms with Gasteiger partial charge in [0.1, 0.15) is 0 Å². The van der Waals surface area contributed by atoms with E-state index in [9.17, 15) is 0 Å². The number of hydrogen-bond donors (Lipinski definition) is 0. The highest BCUT2D eigenvalue weighted by Crippen LogP contribution is 2.24. The van der Waals surface area contributed by atoms with Gasteiger partial charge < -0.3 is 0 Å². The van der Waals surface area contributed by atoms with Crippen LogP contribution in [-0.4, -0.2) is 5.38 Å². The summed E-state index contributed by atoms with van der Waals surface area (Å²) in [4.78, 5) is 1.43. The van der Waals surface area contributed by atoms with Gasteiger partial charge in [0.25, 0.3) is 0 Å². The molecule has 0 saturated carbocycles. The van der Waals surface area contributed by atoms with Gasteiger partial charge in [-0.1, -0.05) is 35.3 Å². The van der Waals surface area contributed by atoms with Crippen LogP contribution < -0.4 is 0 Å². The highest BCUT2D eigenvalue weighted by atomic mass is 35.5. The second-order valence-corrected chi connectivity index (χ2v) is 6.99. The second kappa shape index (κ2) is 7.54. The third kappa shape index (κ3) is 5.00. The van der Waals surface area contributed by atoms with Gasteiger partial charge in [-0.15, -0.1) is 22.9 Å². The standard InChI is InChI=1S/C15H15Cl3S/c16-12(3-1-4-13-5-2-8-19-13)9-11-6-7-14(17)15(18)10-11/h2,5-8,10,12H,1,3-4,9H2. The first-order valence-electron chi connectivity index (χ1n) is 6.25. The molecule has 1 atom stereocenters. The molecule has 0 N–H and O–H groups in total. The first kappa shape index (κ1) is 15.2. The van der Waals surface area contributed by atoms with Crippen LogP contribution >= 0.6 is 46.1 Å². The lowest BCUT2D eigenvalue weighted by atomic mass is 10.1. The third-order valence-electron chi connectivity index (χ3n) is 2.96. The monoisotopic (exact) mass is 332 g/mol. The average Bonchev–Trinajstić information content (AvgIpc) is 2.87. The Labute approximate surface area is 133 Å². The molecule has 4 heteroatoms. The number of alkyl halides is 1. The summed E-state index contributed by atoms with van der Waals surface area (Å²) in [7, 11) is 0. The van der Waals surface area contributed by atoms with Crippen LogP contribution in [0.15, 0.2) is 35.7 Å². The summed E-state index contributed by atoms with van der Waals surface area (Å²) in [6.07, 6.45) is 4.08. The molecule has 0 aliphatic carbocycles. The van der Waals surface area contributed by atoms with Crippen LogP contribution in [0.5, 0.6) is 0 Å². The predicted octanol–water partition coefficient (Wildman–Crippen LogP) is 6.23. The van der Waals surface area contributed by atoms with E-state index in [1.807, 2.05) is 18.2 Å².